The zero-order valence-corrected chi connectivity index (χ0v) is 13.2. The second kappa shape index (κ2) is 6.62. The smallest absolute Gasteiger partial charge is 0.253 e. The van der Waals surface area contributed by atoms with E-state index in [0.717, 1.165) is 10.9 Å². The lowest BCUT2D eigenvalue weighted by atomic mass is 10.1. The van der Waals surface area contributed by atoms with Gasteiger partial charge in [0.05, 0.1) is 18.7 Å². The van der Waals surface area contributed by atoms with Crippen LogP contribution in [0.5, 0.6) is 0 Å². The van der Waals surface area contributed by atoms with Gasteiger partial charge in [-0.3, -0.25) is 4.79 Å². The standard InChI is InChI=1S/C16H19N5O2/c1-20-11-18-19-15(20)9-17-16(22)13-10-21(7-8-23-2)14-6-4-3-5-12(13)14/h3-6,10-11H,7-9H2,1-2H3,(H,17,22). The first-order chi connectivity index (χ1) is 11.2. The Morgan fingerprint density at radius 2 is 2.17 bits per heavy atom. The van der Waals surface area contributed by atoms with Crippen LogP contribution in [0.15, 0.2) is 36.8 Å². The van der Waals surface area contributed by atoms with Gasteiger partial charge in [-0.15, -0.1) is 10.2 Å². The van der Waals surface area contributed by atoms with E-state index in [1.54, 1.807) is 18.0 Å². The molecule has 120 valence electrons. The van der Waals surface area contributed by atoms with E-state index in [4.69, 9.17) is 4.74 Å². The van der Waals surface area contributed by atoms with Crippen molar-refractivity contribution in [1.29, 1.82) is 0 Å². The summed E-state index contributed by atoms with van der Waals surface area (Å²) < 4.78 is 8.95. The Bertz CT molecular complexity index is 821. The molecule has 7 nitrogen and oxygen atoms in total. The van der Waals surface area contributed by atoms with Crippen molar-refractivity contribution in [1.82, 2.24) is 24.6 Å². The molecular weight excluding hydrogens is 294 g/mol. The van der Waals surface area contributed by atoms with E-state index in [0.29, 0.717) is 31.1 Å². The molecule has 23 heavy (non-hydrogen) atoms. The van der Waals surface area contributed by atoms with Gasteiger partial charge in [0.25, 0.3) is 5.91 Å². The Kier molecular flexibility index (Phi) is 4.38. The lowest BCUT2D eigenvalue weighted by molar-refractivity contribution is 0.0951. The van der Waals surface area contributed by atoms with Crippen LogP contribution in [0, 0.1) is 0 Å². The van der Waals surface area contributed by atoms with Gasteiger partial charge in [-0.25, -0.2) is 0 Å². The maximum atomic E-state index is 12.5. The number of fused-ring (bicyclic) bond motifs is 1. The largest absolute Gasteiger partial charge is 0.383 e. The molecule has 0 radical (unpaired) electrons. The molecule has 2 heterocycles. The first-order valence-electron chi connectivity index (χ1n) is 7.38. The Labute approximate surface area is 133 Å². The van der Waals surface area contributed by atoms with Crippen LogP contribution in [0.25, 0.3) is 10.9 Å². The van der Waals surface area contributed by atoms with Crippen LogP contribution in [0.1, 0.15) is 16.2 Å². The van der Waals surface area contributed by atoms with E-state index in [1.165, 1.54) is 0 Å². The minimum atomic E-state index is -0.125. The molecule has 0 unspecified atom stereocenters. The number of methoxy groups -OCH3 is 1. The van der Waals surface area contributed by atoms with Crippen LogP contribution in [-0.4, -0.2) is 39.0 Å². The second-order valence-corrected chi connectivity index (χ2v) is 5.29. The number of ether oxygens (including phenoxy) is 1. The molecule has 0 aliphatic rings. The summed E-state index contributed by atoms with van der Waals surface area (Å²) in [6, 6.07) is 7.86. The summed E-state index contributed by atoms with van der Waals surface area (Å²) in [5.74, 6) is 0.585. The number of benzene rings is 1. The number of aromatic nitrogens is 4. The fourth-order valence-electron chi connectivity index (χ4n) is 2.52. The highest BCUT2D eigenvalue weighted by Gasteiger charge is 2.15. The molecule has 0 bridgehead atoms. The third-order valence-electron chi connectivity index (χ3n) is 3.78. The van der Waals surface area contributed by atoms with Crippen molar-refractivity contribution in [3.8, 4) is 0 Å². The fourth-order valence-corrected chi connectivity index (χ4v) is 2.52. The number of amides is 1. The number of hydrogen-bond acceptors (Lipinski definition) is 4. The number of nitrogens with zero attached hydrogens (tertiary/aromatic N) is 4. The topological polar surface area (TPSA) is 74.0 Å². The zero-order chi connectivity index (χ0) is 16.2. The molecule has 1 aromatic carbocycles. The molecule has 1 amide bonds. The molecule has 0 fully saturated rings. The van der Waals surface area contributed by atoms with Crippen molar-refractivity contribution in [3.05, 3.63) is 48.2 Å². The third kappa shape index (κ3) is 3.09. The van der Waals surface area contributed by atoms with Gasteiger partial charge in [0, 0.05) is 37.8 Å². The highest BCUT2D eigenvalue weighted by molar-refractivity contribution is 6.06. The molecule has 0 atom stereocenters. The Balaban J connectivity index is 1.83. The van der Waals surface area contributed by atoms with Crippen molar-refractivity contribution in [2.45, 2.75) is 13.1 Å². The highest BCUT2D eigenvalue weighted by Crippen LogP contribution is 2.21. The molecule has 0 aliphatic carbocycles. The summed E-state index contributed by atoms with van der Waals surface area (Å²) in [6.07, 6.45) is 3.48. The number of carbonyl (C=O) groups excluding carboxylic acids is 1. The van der Waals surface area contributed by atoms with Gasteiger partial charge in [0.1, 0.15) is 6.33 Å². The van der Waals surface area contributed by atoms with Crippen LogP contribution < -0.4 is 5.32 Å². The molecule has 3 aromatic rings. The number of carbonyl (C=O) groups is 1. The van der Waals surface area contributed by atoms with Gasteiger partial charge in [0.2, 0.25) is 0 Å². The van der Waals surface area contributed by atoms with Crippen molar-refractivity contribution < 1.29 is 9.53 Å². The molecule has 3 rings (SSSR count). The maximum Gasteiger partial charge on any atom is 0.253 e. The van der Waals surface area contributed by atoms with Crippen molar-refractivity contribution in [2.24, 2.45) is 7.05 Å². The first-order valence-corrected chi connectivity index (χ1v) is 7.38. The van der Waals surface area contributed by atoms with Gasteiger partial charge in [0.15, 0.2) is 5.82 Å². The highest BCUT2D eigenvalue weighted by atomic mass is 16.5. The maximum absolute atomic E-state index is 12.5. The van der Waals surface area contributed by atoms with E-state index in [1.807, 2.05) is 42.1 Å². The molecular formula is C16H19N5O2. The summed E-state index contributed by atoms with van der Waals surface area (Å²) in [5.41, 5.74) is 1.67. The monoisotopic (exact) mass is 313 g/mol. The van der Waals surface area contributed by atoms with Crippen LogP contribution in [0.4, 0.5) is 0 Å². The van der Waals surface area contributed by atoms with Gasteiger partial charge < -0.3 is 19.2 Å². The van der Waals surface area contributed by atoms with E-state index >= 15 is 0 Å². The Morgan fingerprint density at radius 3 is 2.91 bits per heavy atom. The Morgan fingerprint density at radius 1 is 1.35 bits per heavy atom. The number of hydrogen-bond donors (Lipinski definition) is 1. The quantitative estimate of drug-likeness (QED) is 0.745. The summed E-state index contributed by atoms with van der Waals surface area (Å²) in [6.45, 7) is 1.64. The Hall–Kier alpha value is -2.67. The predicted octanol–water partition coefficient (Wildman–Crippen LogP) is 1.35. The molecule has 0 spiro atoms. The lowest BCUT2D eigenvalue weighted by Crippen LogP contribution is -2.24. The average molecular weight is 313 g/mol. The summed E-state index contributed by atoms with van der Waals surface area (Å²) >= 11 is 0. The zero-order valence-electron chi connectivity index (χ0n) is 13.2. The van der Waals surface area contributed by atoms with Crippen molar-refractivity contribution in [3.63, 3.8) is 0 Å². The summed E-state index contributed by atoms with van der Waals surface area (Å²) in [4.78, 5) is 12.5. The van der Waals surface area contributed by atoms with E-state index < -0.39 is 0 Å². The molecule has 7 heteroatoms. The van der Waals surface area contributed by atoms with Crippen LogP contribution in [0.3, 0.4) is 0 Å². The first kappa shape index (κ1) is 15.2. The van der Waals surface area contributed by atoms with Crippen molar-refractivity contribution in [2.75, 3.05) is 13.7 Å². The SMILES string of the molecule is COCCn1cc(C(=O)NCc2nncn2C)c2ccccc21. The normalized spacial score (nSPS) is 11.0. The van der Waals surface area contributed by atoms with E-state index in [2.05, 4.69) is 15.5 Å². The molecule has 0 saturated carbocycles. The van der Waals surface area contributed by atoms with Crippen LogP contribution in [0.2, 0.25) is 0 Å². The molecule has 0 saturated heterocycles. The number of rotatable bonds is 6. The average Bonchev–Trinajstić information content (AvgIpc) is 3.14. The predicted molar refractivity (Wildman–Crippen MR) is 86.0 cm³/mol. The van der Waals surface area contributed by atoms with Gasteiger partial charge in [-0.2, -0.15) is 0 Å². The minimum Gasteiger partial charge on any atom is -0.383 e. The summed E-state index contributed by atoms with van der Waals surface area (Å²) in [5, 5.41) is 11.6. The van der Waals surface area contributed by atoms with Crippen molar-refractivity contribution >= 4 is 16.8 Å². The number of aryl methyl sites for hydroxylation is 1. The van der Waals surface area contributed by atoms with Gasteiger partial charge in [-0.05, 0) is 6.07 Å². The number of nitrogens with one attached hydrogen (secondary N) is 1. The van der Waals surface area contributed by atoms with Crippen LogP contribution >= 0.6 is 0 Å². The molecule has 0 aliphatic heterocycles. The van der Waals surface area contributed by atoms with Gasteiger partial charge in [-0.1, -0.05) is 18.2 Å². The third-order valence-corrected chi connectivity index (χ3v) is 3.78. The molecule has 2 aromatic heterocycles. The number of para-hydroxylation sites is 1. The van der Waals surface area contributed by atoms with E-state index in [9.17, 15) is 4.79 Å². The van der Waals surface area contributed by atoms with Gasteiger partial charge >= 0.3 is 0 Å². The summed E-state index contributed by atoms with van der Waals surface area (Å²) in [7, 11) is 3.51. The second-order valence-electron chi connectivity index (χ2n) is 5.29. The van der Waals surface area contributed by atoms with E-state index in [-0.39, 0.29) is 5.91 Å². The lowest BCUT2D eigenvalue weighted by Gasteiger charge is -2.03. The minimum absolute atomic E-state index is 0.125. The van der Waals surface area contributed by atoms with Crippen LogP contribution in [-0.2, 0) is 24.9 Å². The molecule has 1 N–H and O–H groups in total. The fraction of sp³-hybridized carbons (Fsp3) is 0.312.